The SMILES string of the molecule is COc1cc2c(c(OC)c1OC)-c1ccc(N[C@H](CC(C)C)C(=O)Nc3ccc4[nH]c(=O)c(=O)[nH]c4c3)c(=O)cc1[C@H](NC(C)=O)CC2. The van der Waals surface area contributed by atoms with Crippen LogP contribution >= 0.6 is 0 Å². The van der Waals surface area contributed by atoms with E-state index in [0.717, 1.165) is 5.56 Å². The van der Waals surface area contributed by atoms with Gasteiger partial charge in [-0.05, 0) is 78.3 Å². The molecule has 13 heteroatoms. The van der Waals surface area contributed by atoms with E-state index in [1.807, 2.05) is 19.9 Å². The number of nitrogens with one attached hydrogen (secondary N) is 5. The Morgan fingerprint density at radius 2 is 1.60 bits per heavy atom. The highest BCUT2D eigenvalue weighted by Crippen LogP contribution is 2.50. The summed E-state index contributed by atoms with van der Waals surface area (Å²) < 4.78 is 17.1. The first-order chi connectivity index (χ1) is 22.9. The third-order valence-corrected chi connectivity index (χ3v) is 8.26. The minimum absolute atomic E-state index is 0.0818. The Balaban J connectivity index is 1.58. The predicted octanol–water partition coefficient (Wildman–Crippen LogP) is 3.86. The molecule has 0 radical (unpaired) electrons. The lowest BCUT2D eigenvalue weighted by molar-refractivity contribution is -0.120. The number of anilines is 2. The Bertz CT molecular complexity index is 2070. The second-order valence-electron chi connectivity index (χ2n) is 12.1. The molecule has 48 heavy (non-hydrogen) atoms. The monoisotopic (exact) mass is 657 g/mol. The first kappa shape index (κ1) is 33.8. The molecule has 0 aliphatic heterocycles. The van der Waals surface area contributed by atoms with Crippen LogP contribution in [0.25, 0.3) is 22.2 Å². The van der Waals surface area contributed by atoms with E-state index < -0.39 is 29.1 Å². The fraction of sp³-hybridized carbons (Fsp3) is 0.343. The van der Waals surface area contributed by atoms with Crippen molar-refractivity contribution >= 4 is 34.2 Å². The van der Waals surface area contributed by atoms with Crippen LogP contribution in [0, 0.1) is 5.92 Å². The fourth-order valence-electron chi connectivity index (χ4n) is 6.14. The van der Waals surface area contributed by atoms with E-state index in [2.05, 4.69) is 25.9 Å². The number of ether oxygens (including phenoxy) is 3. The number of rotatable bonds is 10. The summed E-state index contributed by atoms with van der Waals surface area (Å²) in [5.74, 6) is 0.762. The average Bonchev–Trinajstić information content (AvgIpc) is 3.28. The van der Waals surface area contributed by atoms with Gasteiger partial charge < -0.3 is 40.1 Å². The molecule has 1 aromatic heterocycles. The van der Waals surface area contributed by atoms with Gasteiger partial charge in [0.2, 0.25) is 23.0 Å². The second kappa shape index (κ2) is 14.0. The summed E-state index contributed by atoms with van der Waals surface area (Å²) in [7, 11) is 4.60. The number of carbonyl (C=O) groups excluding carboxylic acids is 2. The number of fused-ring (bicyclic) bond motifs is 4. The van der Waals surface area contributed by atoms with Gasteiger partial charge in [0.25, 0.3) is 0 Å². The molecule has 13 nitrogen and oxygen atoms in total. The van der Waals surface area contributed by atoms with Gasteiger partial charge in [-0.25, -0.2) is 0 Å². The molecule has 0 unspecified atom stereocenters. The van der Waals surface area contributed by atoms with Gasteiger partial charge in [0.15, 0.2) is 11.5 Å². The van der Waals surface area contributed by atoms with Gasteiger partial charge in [-0.3, -0.25) is 24.0 Å². The van der Waals surface area contributed by atoms with Crippen molar-refractivity contribution in [2.24, 2.45) is 5.92 Å². The fourth-order valence-corrected chi connectivity index (χ4v) is 6.14. The quantitative estimate of drug-likeness (QED) is 0.158. The minimum Gasteiger partial charge on any atom is -0.493 e. The van der Waals surface area contributed by atoms with E-state index in [0.29, 0.717) is 69.9 Å². The molecule has 5 N–H and O–H groups in total. The van der Waals surface area contributed by atoms with Crippen LogP contribution in [0.4, 0.5) is 11.4 Å². The number of aryl methyl sites for hydroxylation is 1. The van der Waals surface area contributed by atoms with Crippen molar-refractivity contribution in [1.82, 2.24) is 15.3 Å². The van der Waals surface area contributed by atoms with E-state index in [4.69, 9.17) is 14.2 Å². The van der Waals surface area contributed by atoms with Crippen molar-refractivity contribution < 1.29 is 23.8 Å². The average molecular weight is 658 g/mol. The normalized spacial score (nSPS) is 14.3. The molecule has 3 aromatic carbocycles. The number of H-pyrrole nitrogens is 2. The molecule has 4 aromatic rings. The number of carbonyl (C=O) groups is 2. The Morgan fingerprint density at radius 3 is 2.25 bits per heavy atom. The Kier molecular flexibility index (Phi) is 9.87. The highest BCUT2D eigenvalue weighted by molar-refractivity contribution is 5.98. The van der Waals surface area contributed by atoms with Gasteiger partial charge in [-0.2, -0.15) is 0 Å². The zero-order chi connectivity index (χ0) is 34.7. The topological polar surface area (TPSA) is 181 Å². The van der Waals surface area contributed by atoms with Crippen molar-refractivity contribution in [2.75, 3.05) is 32.0 Å². The molecule has 0 spiro atoms. The first-order valence-corrected chi connectivity index (χ1v) is 15.5. The highest BCUT2D eigenvalue weighted by Gasteiger charge is 2.30. The number of hydrogen-bond donors (Lipinski definition) is 5. The number of aromatic nitrogens is 2. The maximum absolute atomic E-state index is 13.9. The number of aromatic amines is 2. The maximum Gasteiger partial charge on any atom is 0.314 e. The first-order valence-electron chi connectivity index (χ1n) is 15.5. The Labute approximate surface area is 276 Å². The van der Waals surface area contributed by atoms with Gasteiger partial charge in [0.1, 0.15) is 6.04 Å². The van der Waals surface area contributed by atoms with E-state index in [-0.39, 0.29) is 22.9 Å². The van der Waals surface area contributed by atoms with Crippen LogP contribution in [0.2, 0.25) is 0 Å². The van der Waals surface area contributed by atoms with Gasteiger partial charge in [-0.1, -0.05) is 19.9 Å². The summed E-state index contributed by atoms with van der Waals surface area (Å²) in [6, 6.07) is 10.2. The molecule has 252 valence electrons. The van der Waals surface area contributed by atoms with Crippen LogP contribution < -0.4 is 46.7 Å². The molecule has 0 bridgehead atoms. The lowest BCUT2D eigenvalue weighted by atomic mass is 9.95. The summed E-state index contributed by atoms with van der Waals surface area (Å²) in [6.45, 7) is 5.36. The number of amides is 2. The van der Waals surface area contributed by atoms with Crippen molar-refractivity contribution in [3.05, 3.63) is 84.5 Å². The molecule has 1 heterocycles. The summed E-state index contributed by atoms with van der Waals surface area (Å²) in [4.78, 5) is 68.4. The summed E-state index contributed by atoms with van der Waals surface area (Å²) in [5.41, 5.74) is 2.26. The van der Waals surface area contributed by atoms with Crippen molar-refractivity contribution in [3.8, 4) is 28.4 Å². The molecular weight excluding hydrogens is 618 g/mol. The molecule has 2 atom stereocenters. The minimum atomic E-state index is -0.817. The summed E-state index contributed by atoms with van der Waals surface area (Å²) in [5, 5.41) is 9.02. The number of methoxy groups -OCH3 is 3. The largest absolute Gasteiger partial charge is 0.493 e. The van der Waals surface area contributed by atoms with Gasteiger partial charge >= 0.3 is 11.1 Å². The van der Waals surface area contributed by atoms with Crippen LogP contribution in [-0.4, -0.2) is 49.2 Å². The lowest BCUT2D eigenvalue weighted by Crippen LogP contribution is -2.37. The van der Waals surface area contributed by atoms with Crippen LogP contribution in [-0.2, 0) is 16.0 Å². The van der Waals surface area contributed by atoms with Gasteiger partial charge in [0.05, 0.1) is 44.1 Å². The molecule has 2 amide bonds. The summed E-state index contributed by atoms with van der Waals surface area (Å²) >= 11 is 0. The summed E-state index contributed by atoms with van der Waals surface area (Å²) in [6.07, 6.45) is 1.46. The van der Waals surface area contributed by atoms with Crippen molar-refractivity contribution in [3.63, 3.8) is 0 Å². The smallest absolute Gasteiger partial charge is 0.314 e. The maximum atomic E-state index is 13.9. The zero-order valence-electron chi connectivity index (χ0n) is 27.7. The molecule has 0 saturated carbocycles. The molecule has 1 aliphatic rings. The molecule has 5 rings (SSSR count). The lowest BCUT2D eigenvalue weighted by Gasteiger charge is -2.21. The van der Waals surface area contributed by atoms with Gasteiger partial charge in [-0.15, -0.1) is 0 Å². The van der Waals surface area contributed by atoms with Crippen LogP contribution in [0.3, 0.4) is 0 Å². The molecule has 1 aliphatic carbocycles. The zero-order valence-corrected chi connectivity index (χ0v) is 27.7. The van der Waals surface area contributed by atoms with E-state index in [9.17, 15) is 24.0 Å². The van der Waals surface area contributed by atoms with Crippen molar-refractivity contribution in [2.45, 2.75) is 52.1 Å². The Morgan fingerprint density at radius 1 is 0.896 bits per heavy atom. The third kappa shape index (κ3) is 6.89. The molecule has 0 saturated heterocycles. The van der Waals surface area contributed by atoms with Crippen molar-refractivity contribution in [1.29, 1.82) is 0 Å². The predicted molar refractivity (Wildman–Crippen MR) is 183 cm³/mol. The second-order valence-corrected chi connectivity index (χ2v) is 12.1. The van der Waals surface area contributed by atoms with E-state index in [1.165, 1.54) is 27.2 Å². The van der Waals surface area contributed by atoms with Crippen LogP contribution in [0.1, 0.15) is 50.8 Å². The number of hydrogen-bond acceptors (Lipinski definition) is 9. The Hall–Kier alpha value is -5.59. The molecular formula is C35H39N5O8. The molecule has 0 fully saturated rings. The highest BCUT2D eigenvalue weighted by atomic mass is 16.5. The van der Waals surface area contributed by atoms with E-state index in [1.54, 1.807) is 37.4 Å². The third-order valence-electron chi connectivity index (χ3n) is 8.26. The van der Waals surface area contributed by atoms with E-state index >= 15 is 0 Å². The van der Waals surface area contributed by atoms with Crippen LogP contribution in [0.5, 0.6) is 17.2 Å². The van der Waals surface area contributed by atoms with Crippen LogP contribution in [0.15, 0.2) is 56.8 Å². The number of benzene rings is 2. The van der Waals surface area contributed by atoms with Gasteiger partial charge in [0, 0.05) is 18.2 Å². The standard InChI is InChI=1S/C35H39N5O8/c1-17(2)13-27(33(43)37-20-8-11-24-26(15-20)40-35(45)34(44)39-24)38-25-12-9-21-22(16-28(25)42)23(36-18(3)41)10-7-19-14-29(46-4)31(47-5)32(48-6)30(19)21/h8-9,11-12,14-17,23,27H,7,10,13H2,1-6H3,(H,36,41)(H,37,43)(H,38,42)(H,39,44)(H,40,45)/t23-,27-/m1/s1.